The monoisotopic (exact) mass is 841 g/mol. The predicted molar refractivity (Wildman–Crippen MR) is 271 cm³/mol. The van der Waals surface area contributed by atoms with Crippen molar-refractivity contribution >= 4 is 17.1 Å². The minimum atomic E-state index is -0.485. The maximum Gasteiger partial charge on any atom is 0.137 e. The highest BCUT2D eigenvalue weighted by Crippen LogP contribution is 2.64. The Hall–Kier alpha value is -8.20. The highest BCUT2D eigenvalue weighted by atomic mass is 16.5. The molecule has 0 saturated carbocycles. The number of ether oxygens (including phenoxy) is 1. The van der Waals surface area contributed by atoms with Gasteiger partial charge in [-0.25, -0.2) is 0 Å². The average Bonchev–Trinajstić information content (AvgIpc) is 3.87. The molecule has 0 amide bonds. The van der Waals surface area contributed by atoms with Crippen molar-refractivity contribution in [1.82, 2.24) is 0 Å². The van der Waals surface area contributed by atoms with Gasteiger partial charge in [0.1, 0.15) is 11.5 Å². The van der Waals surface area contributed by atoms with Crippen molar-refractivity contribution in [3.8, 4) is 78.3 Å². The van der Waals surface area contributed by atoms with Crippen LogP contribution in [0.25, 0.3) is 66.8 Å². The standard InChI is InChI=1S/C64H43NO/c1-63(2)52-27-12-8-20-44(52)48-36-34-41(38-56(48)63)65(58-31-17-33-60-62(58)51-25-7-6-24-50(51)61-43(26-16-32-59(61)66-60)40-18-4-3-5-19-40)42-35-37-49-47-23-11-15-30-55(47)64(57(49)39-42)53-28-13-9-21-45(53)46-22-10-14-29-54(46)64/h3-39H,1-2H3. The molecule has 0 saturated heterocycles. The molecule has 0 bridgehead atoms. The third-order valence-electron chi connectivity index (χ3n) is 15.1. The van der Waals surface area contributed by atoms with E-state index in [1.54, 1.807) is 0 Å². The van der Waals surface area contributed by atoms with Crippen LogP contribution in [0.4, 0.5) is 17.1 Å². The summed E-state index contributed by atoms with van der Waals surface area (Å²) in [5.74, 6) is 1.67. The summed E-state index contributed by atoms with van der Waals surface area (Å²) < 4.78 is 7.20. The molecular weight excluding hydrogens is 799 g/mol. The first-order chi connectivity index (χ1) is 32.5. The van der Waals surface area contributed by atoms with Crippen LogP contribution < -0.4 is 9.64 Å². The quantitative estimate of drug-likeness (QED) is 0.175. The maximum atomic E-state index is 7.20. The van der Waals surface area contributed by atoms with E-state index in [0.29, 0.717) is 0 Å². The fourth-order valence-corrected chi connectivity index (χ4v) is 12.3. The van der Waals surface area contributed by atoms with E-state index in [-0.39, 0.29) is 5.41 Å². The lowest BCUT2D eigenvalue weighted by Gasteiger charge is -2.33. The smallest absolute Gasteiger partial charge is 0.137 e. The normalized spacial score (nSPS) is 14.3. The van der Waals surface area contributed by atoms with Crippen LogP contribution >= 0.6 is 0 Å². The lowest BCUT2D eigenvalue weighted by Crippen LogP contribution is -2.26. The van der Waals surface area contributed by atoms with Crippen molar-refractivity contribution in [2.75, 3.05) is 4.90 Å². The highest BCUT2D eigenvalue weighted by Gasteiger charge is 2.52. The van der Waals surface area contributed by atoms with Crippen molar-refractivity contribution in [2.24, 2.45) is 0 Å². The van der Waals surface area contributed by atoms with Gasteiger partial charge < -0.3 is 9.64 Å². The summed E-state index contributed by atoms with van der Waals surface area (Å²) in [5.41, 5.74) is 25.1. The topological polar surface area (TPSA) is 12.5 Å². The summed E-state index contributed by atoms with van der Waals surface area (Å²) >= 11 is 0. The van der Waals surface area contributed by atoms with Crippen molar-refractivity contribution < 1.29 is 4.74 Å². The van der Waals surface area contributed by atoms with Gasteiger partial charge in [-0.3, -0.25) is 0 Å². The third-order valence-corrected chi connectivity index (χ3v) is 15.1. The second kappa shape index (κ2) is 13.7. The number of fused-ring (bicyclic) bond motifs is 18. The molecule has 0 aromatic heterocycles. The highest BCUT2D eigenvalue weighted by molar-refractivity contribution is 6.03. The first-order valence-electron chi connectivity index (χ1n) is 23.1. The Morgan fingerprint density at radius 2 is 0.742 bits per heavy atom. The molecule has 14 rings (SSSR count). The Labute approximate surface area is 385 Å². The summed E-state index contributed by atoms with van der Waals surface area (Å²) in [6.45, 7) is 4.74. The predicted octanol–water partition coefficient (Wildman–Crippen LogP) is 16.9. The van der Waals surface area contributed by atoms with Crippen LogP contribution in [0, 0.1) is 0 Å². The Morgan fingerprint density at radius 1 is 0.318 bits per heavy atom. The van der Waals surface area contributed by atoms with E-state index in [9.17, 15) is 0 Å². The van der Waals surface area contributed by atoms with E-state index < -0.39 is 5.41 Å². The summed E-state index contributed by atoms with van der Waals surface area (Å²) in [6.07, 6.45) is 0. The van der Waals surface area contributed by atoms with Gasteiger partial charge in [0.2, 0.25) is 0 Å². The molecule has 310 valence electrons. The summed E-state index contributed by atoms with van der Waals surface area (Å²) in [5, 5.41) is 0. The second-order valence-electron chi connectivity index (χ2n) is 18.7. The molecule has 66 heavy (non-hydrogen) atoms. The van der Waals surface area contributed by atoms with Crippen LogP contribution in [-0.2, 0) is 10.8 Å². The van der Waals surface area contributed by atoms with Gasteiger partial charge in [-0.2, -0.15) is 0 Å². The summed E-state index contributed by atoms with van der Waals surface area (Å²) in [7, 11) is 0. The molecule has 10 aromatic carbocycles. The number of hydrogen-bond donors (Lipinski definition) is 0. The largest absolute Gasteiger partial charge is 0.456 e. The molecule has 1 spiro atoms. The zero-order valence-corrected chi connectivity index (χ0v) is 36.7. The zero-order chi connectivity index (χ0) is 43.7. The number of benzene rings is 10. The summed E-state index contributed by atoms with van der Waals surface area (Å²) in [6, 6.07) is 83.1. The van der Waals surface area contributed by atoms with Crippen molar-refractivity contribution in [3.63, 3.8) is 0 Å². The molecule has 10 aromatic rings. The number of nitrogens with zero attached hydrogens (tertiary/aromatic N) is 1. The zero-order valence-electron chi connectivity index (χ0n) is 36.7. The lowest BCUT2D eigenvalue weighted by molar-refractivity contribution is 0.488. The minimum Gasteiger partial charge on any atom is -0.456 e. The Kier molecular flexibility index (Phi) is 7.70. The van der Waals surface area contributed by atoms with Crippen LogP contribution in [0.1, 0.15) is 47.2 Å². The van der Waals surface area contributed by atoms with Gasteiger partial charge in [0.25, 0.3) is 0 Å². The van der Waals surface area contributed by atoms with E-state index in [1.165, 1.54) is 66.8 Å². The average molecular weight is 842 g/mol. The molecule has 0 radical (unpaired) electrons. The molecule has 0 unspecified atom stereocenters. The Morgan fingerprint density at radius 3 is 1.35 bits per heavy atom. The molecule has 2 nitrogen and oxygen atoms in total. The fourth-order valence-electron chi connectivity index (χ4n) is 12.3. The van der Waals surface area contributed by atoms with E-state index in [4.69, 9.17) is 4.74 Å². The van der Waals surface area contributed by atoms with E-state index in [1.807, 2.05) is 0 Å². The lowest BCUT2D eigenvalue weighted by atomic mass is 9.70. The Balaban J connectivity index is 1.05. The fraction of sp³-hybridized carbons (Fsp3) is 0.0625. The molecule has 1 aliphatic heterocycles. The Bertz CT molecular complexity index is 3610. The molecule has 3 aliphatic carbocycles. The first-order valence-corrected chi connectivity index (χ1v) is 23.1. The number of rotatable bonds is 4. The van der Waals surface area contributed by atoms with Crippen LogP contribution in [0.3, 0.4) is 0 Å². The van der Waals surface area contributed by atoms with Crippen molar-refractivity contribution in [1.29, 1.82) is 0 Å². The van der Waals surface area contributed by atoms with Crippen LogP contribution in [0.5, 0.6) is 11.5 Å². The second-order valence-corrected chi connectivity index (χ2v) is 18.7. The van der Waals surface area contributed by atoms with Gasteiger partial charge in [-0.1, -0.05) is 196 Å². The van der Waals surface area contributed by atoms with E-state index in [2.05, 4.69) is 243 Å². The summed E-state index contributed by atoms with van der Waals surface area (Å²) in [4.78, 5) is 2.51. The van der Waals surface area contributed by atoms with Crippen LogP contribution in [0.15, 0.2) is 224 Å². The van der Waals surface area contributed by atoms with Gasteiger partial charge in [0.15, 0.2) is 0 Å². The SMILES string of the molecule is CC1(C)c2ccccc2-c2ccc(N(c3ccc4c(c3)C3(c5ccccc5-c5ccccc53)c3ccccc3-4)c3cccc4c3-c3ccccc3-c3c(cccc3-c3ccccc3)O4)cc21. The molecule has 4 aliphatic rings. The van der Waals surface area contributed by atoms with Gasteiger partial charge in [-0.05, 0) is 131 Å². The molecule has 1 heterocycles. The van der Waals surface area contributed by atoms with Gasteiger partial charge in [0, 0.05) is 27.9 Å². The van der Waals surface area contributed by atoms with E-state index in [0.717, 1.165) is 61.9 Å². The number of hydrogen-bond acceptors (Lipinski definition) is 2. The molecule has 0 fully saturated rings. The van der Waals surface area contributed by atoms with Gasteiger partial charge in [0.05, 0.1) is 11.1 Å². The van der Waals surface area contributed by atoms with Crippen molar-refractivity contribution in [3.05, 3.63) is 258 Å². The molecule has 0 N–H and O–H groups in total. The number of anilines is 3. The maximum absolute atomic E-state index is 7.20. The van der Waals surface area contributed by atoms with Crippen molar-refractivity contribution in [2.45, 2.75) is 24.7 Å². The molecular formula is C64H43NO. The van der Waals surface area contributed by atoms with Crippen LogP contribution in [-0.4, -0.2) is 0 Å². The third kappa shape index (κ3) is 4.91. The first kappa shape index (κ1) is 37.2. The van der Waals surface area contributed by atoms with Gasteiger partial charge >= 0.3 is 0 Å². The minimum absolute atomic E-state index is 0.187. The molecule has 0 atom stereocenters. The van der Waals surface area contributed by atoms with Crippen LogP contribution in [0.2, 0.25) is 0 Å². The molecule has 2 heteroatoms. The van der Waals surface area contributed by atoms with Gasteiger partial charge in [-0.15, -0.1) is 0 Å². The van der Waals surface area contributed by atoms with E-state index >= 15 is 0 Å².